The van der Waals surface area contributed by atoms with Crippen LogP contribution in [-0.4, -0.2) is 30.3 Å². The van der Waals surface area contributed by atoms with Crippen LogP contribution in [0.5, 0.6) is 0 Å². The number of amides is 2. The standard InChI is InChI=1S/C16H21F3N2O2/c17-12-7-10(8-13(18)15(12)19)5-6-20-16(23)21-9-11-3-1-2-4-14(11)22/h7-8,11,14,22H,1-6,9H2,(H2,20,21,23). The molecule has 2 unspecified atom stereocenters. The molecule has 2 rings (SSSR count). The van der Waals surface area contributed by atoms with E-state index in [0.29, 0.717) is 6.54 Å². The maximum atomic E-state index is 13.1. The largest absolute Gasteiger partial charge is 0.393 e. The lowest BCUT2D eigenvalue weighted by Crippen LogP contribution is -2.42. The van der Waals surface area contributed by atoms with E-state index in [4.69, 9.17) is 0 Å². The summed E-state index contributed by atoms with van der Waals surface area (Å²) in [5.74, 6) is -3.91. The van der Waals surface area contributed by atoms with E-state index in [1.807, 2.05) is 0 Å². The van der Waals surface area contributed by atoms with E-state index in [9.17, 15) is 23.1 Å². The molecule has 0 saturated heterocycles. The number of aliphatic hydroxyl groups excluding tert-OH is 1. The number of hydrogen-bond acceptors (Lipinski definition) is 2. The summed E-state index contributed by atoms with van der Waals surface area (Å²) in [5.41, 5.74) is 0.268. The van der Waals surface area contributed by atoms with Crippen LogP contribution in [0.2, 0.25) is 0 Å². The fraction of sp³-hybridized carbons (Fsp3) is 0.562. The van der Waals surface area contributed by atoms with Crippen LogP contribution in [0.15, 0.2) is 12.1 Å². The van der Waals surface area contributed by atoms with Crippen LogP contribution in [0.1, 0.15) is 31.2 Å². The first-order chi connectivity index (χ1) is 11.0. The molecule has 1 aromatic carbocycles. The maximum Gasteiger partial charge on any atom is 0.314 e. The van der Waals surface area contributed by atoms with Crippen LogP contribution in [0, 0.1) is 23.4 Å². The Morgan fingerprint density at radius 1 is 1.13 bits per heavy atom. The maximum absolute atomic E-state index is 13.1. The van der Waals surface area contributed by atoms with E-state index in [-0.39, 0.29) is 30.6 Å². The summed E-state index contributed by atoms with van der Waals surface area (Å²) in [4.78, 5) is 11.7. The molecule has 3 N–H and O–H groups in total. The van der Waals surface area contributed by atoms with Gasteiger partial charge >= 0.3 is 6.03 Å². The molecule has 0 heterocycles. The van der Waals surface area contributed by atoms with Gasteiger partial charge in [-0.05, 0) is 37.0 Å². The monoisotopic (exact) mass is 330 g/mol. The van der Waals surface area contributed by atoms with Gasteiger partial charge in [0.1, 0.15) is 0 Å². The topological polar surface area (TPSA) is 61.4 Å². The predicted molar refractivity (Wildman–Crippen MR) is 79.4 cm³/mol. The minimum Gasteiger partial charge on any atom is -0.393 e. The van der Waals surface area contributed by atoms with E-state index in [1.165, 1.54) is 0 Å². The SMILES string of the molecule is O=C(NCCc1cc(F)c(F)c(F)c1)NCC1CCCCC1O. The highest BCUT2D eigenvalue weighted by Crippen LogP contribution is 2.23. The van der Waals surface area contributed by atoms with Crippen LogP contribution in [0.25, 0.3) is 0 Å². The minimum absolute atomic E-state index is 0.0646. The molecule has 23 heavy (non-hydrogen) atoms. The quantitative estimate of drug-likeness (QED) is 0.727. The van der Waals surface area contributed by atoms with Gasteiger partial charge < -0.3 is 15.7 Å². The number of urea groups is 1. The summed E-state index contributed by atoms with van der Waals surface area (Å²) in [6.07, 6.45) is 3.51. The fourth-order valence-electron chi connectivity index (χ4n) is 2.79. The molecule has 0 aliphatic heterocycles. The summed E-state index contributed by atoms with van der Waals surface area (Å²) < 4.78 is 38.9. The summed E-state index contributed by atoms with van der Waals surface area (Å²) in [5, 5.41) is 15.1. The van der Waals surface area contributed by atoms with Crippen LogP contribution in [-0.2, 0) is 6.42 Å². The second kappa shape index (κ2) is 8.19. The van der Waals surface area contributed by atoms with Crippen molar-refractivity contribution >= 4 is 6.03 Å². The van der Waals surface area contributed by atoms with Crippen molar-refractivity contribution in [1.29, 1.82) is 0 Å². The second-order valence-electron chi connectivity index (χ2n) is 5.87. The van der Waals surface area contributed by atoms with E-state index >= 15 is 0 Å². The van der Waals surface area contributed by atoms with Gasteiger partial charge in [-0.1, -0.05) is 12.8 Å². The van der Waals surface area contributed by atoms with Crippen molar-refractivity contribution in [2.24, 2.45) is 5.92 Å². The summed E-state index contributed by atoms with van der Waals surface area (Å²) in [6.45, 7) is 0.566. The average Bonchev–Trinajstić information content (AvgIpc) is 2.52. The van der Waals surface area contributed by atoms with E-state index < -0.39 is 23.5 Å². The summed E-state index contributed by atoms with van der Waals surface area (Å²) in [7, 11) is 0. The number of carbonyl (C=O) groups is 1. The highest BCUT2D eigenvalue weighted by atomic mass is 19.2. The van der Waals surface area contributed by atoms with E-state index in [0.717, 1.165) is 37.8 Å². The molecule has 0 bridgehead atoms. The van der Waals surface area contributed by atoms with Crippen molar-refractivity contribution in [3.63, 3.8) is 0 Å². The Hall–Kier alpha value is -1.76. The van der Waals surface area contributed by atoms with Gasteiger partial charge in [-0.2, -0.15) is 0 Å². The Kier molecular flexibility index (Phi) is 6.27. The van der Waals surface area contributed by atoms with Gasteiger partial charge in [-0.25, -0.2) is 18.0 Å². The molecular weight excluding hydrogens is 309 g/mol. The van der Waals surface area contributed by atoms with Crippen molar-refractivity contribution < 1.29 is 23.1 Å². The first kappa shape index (κ1) is 17.6. The minimum atomic E-state index is -1.49. The molecule has 7 heteroatoms. The van der Waals surface area contributed by atoms with Crippen LogP contribution in [0.4, 0.5) is 18.0 Å². The first-order valence-corrected chi connectivity index (χ1v) is 7.80. The van der Waals surface area contributed by atoms with E-state index in [2.05, 4.69) is 10.6 Å². The normalized spacial score (nSPS) is 21.0. The van der Waals surface area contributed by atoms with Crippen LogP contribution in [0.3, 0.4) is 0 Å². The third kappa shape index (κ3) is 5.13. The van der Waals surface area contributed by atoms with Gasteiger partial charge in [-0.15, -0.1) is 0 Å². The summed E-state index contributed by atoms with van der Waals surface area (Å²) in [6, 6.07) is 1.43. The first-order valence-electron chi connectivity index (χ1n) is 7.80. The molecular formula is C16H21F3N2O2. The van der Waals surface area contributed by atoms with Crippen molar-refractivity contribution in [3.05, 3.63) is 35.1 Å². The molecule has 2 atom stereocenters. The van der Waals surface area contributed by atoms with Crippen molar-refractivity contribution in [2.45, 2.75) is 38.2 Å². The average molecular weight is 330 g/mol. The third-order valence-electron chi connectivity index (χ3n) is 4.14. The zero-order valence-electron chi connectivity index (χ0n) is 12.7. The third-order valence-corrected chi connectivity index (χ3v) is 4.14. The Labute approximate surface area is 133 Å². The molecule has 1 fully saturated rings. The molecule has 0 spiro atoms. The highest BCUT2D eigenvalue weighted by Gasteiger charge is 2.23. The molecule has 1 aromatic rings. The molecule has 128 valence electrons. The Balaban J connectivity index is 1.70. The lowest BCUT2D eigenvalue weighted by atomic mass is 9.86. The number of aliphatic hydroxyl groups is 1. The van der Waals surface area contributed by atoms with Gasteiger partial charge in [0.05, 0.1) is 6.10 Å². The molecule has 1 saturated carbocycles. The highest BCUT2D eigenvalue weighted by molar-refractivity contribution is 5.73. The van der Waals surface area contributed by atoms with Crippen molar-refractivity contribution in [2.75, 3.05) is 13.1 Å². The van der Waals surface area contributed by atoms with Gasteiger partial charge in [0.2, 0.25) is 0 Å². The van der Waals surface area contributed by atoms with E-state index in [1.54, 1.807) is 0 Å². The van der Waals surface area contributed by atoms with Gasteiger partial charge in [0.25, 0.3) is 0 Å². The smallest absolute Gasteiger partial charge is 0.314 e. The summed E-state index contributed by atoms with van der Waals surface area (Å²) >= 11 is 0. The van der Waals surface area contributed by atoms with Crippen molar-refractivity contribution in [1.82, 2.24) is 10.6 Å². The number of benzene rings is 1. The number of halogens is 3. The van der Waals surface area contributed by atoms with Gasteiger partial charge in [-0.3, -0.25) is 0 Å². The molecule has 4 nitrogen and oxygen atoms in total. The lowest BCUT2D eigenvalue weighted by molar-refractivity contribution is 0.0709. The number of nitrogens with one attached hydrogen (secondary N) is 2. The molecule has 2 amide bonds. The van der Waals surface area contributed by atoms with Crippen molar-refractivity contribution in [3.8, 4) is 0 Å². The predicted octanol–water partition coefficient (Wildman–Crippen LogP) is 2.50. The van der Waals surface area contributed by atoms with Crippen LogP contribution >= 0.6 is 0 Å². The van der Waals surface area contributed by atoms with Crippen LogP contribution < -0.4 is 10.6 Å². The zero-order chi connectivity index (χ0) is 16.8. The molecule has 0 radical (unpaired) electrons. The number of rotatable bonds is 5. The Bertz CT molecular complexity index is 531. The van der Waals surface area contributed by atoms with Gasteiger partial charge in [0, 0.05) is 19.0 Å². The zero-order valence-corrected chi connectivity index (χ0v) is 12.7. The number of carbonyl (C=O) groups excluding carboxylic acids is 1. The second-order valence-corrected chi connectivity index (χ2v) is 5.87. The molecule has 1 aliphatic carbocycles. The Morgan fingerprint density at radius 3 is 2.43 bits per heavy atom. The lowest BCUT2D eigenvalue weighted by Gasteiger charge is -2.27. The fourth-order valence-corrected chi connectivity index (χ4v) is 2.79. The molecule has 0 aromatic heterocycles. The Morgan fingerprint density at radius 2 is 1.78 bits per heavy atom. The number of hydrogen-bond donors (Lipinski definition) is 3. The molecule has 1 aliphatic rings. The van der Waals surface area contributed by atoms with Gasteiger partial charge in [0.15, 0.2) is 17.5 Å².